The van der Waals surface area contributed by atoms with Crippen molar-refractivity contribution in [1.29, 1.82) is 0 Å². The standard InChI is InChI=1S/C23H44O/c1-5-7-8-9-14-23(24)20(6-2)22-16-17(3)15-21(18(22)4)19-12-10-11-13-19/h17-24H,5-16H2,1-4H3/t17-,18+,20?,21?,22-,23+/m1/s1. The fourth-order valence-electron chi connectivity index (χ4n) is 6.20. The molecule has 2 aliphatic rings. The third kappa shape index (κ3) is 5.23. The molecule has 0 saturated heterocycles. The summed E-state index contributed by atoms with van der Waals surface area (Å²) in [5, 5.41) is 10.9. The van der Waals surface area contributed by atoms with Crippen molar-refractivity contribution in [3.05, 3.63) is 0 Å². The predicted octanol–water partition coefficient (Wildman–Crippen LogP) is 6.83. The molecule has 0 aliphatic heterocycles. The number of rotatable bonds is 9. The number of aliphatic hydroxyl groups is 1. The van der Waals surface area contributed by atoms with Gasteiger partial charge in [0.2, 0.25) is 0 Å². The van der Waals surface area contributed by atoms with Crippen molar-refractivity contribution >= 4 is 0 Å². The molecule has 2 unspecified atom stereocenters. The second-order valence-electron chi connectivity index (χ2n) is 9.30. The van der Waals surface area contributed by atoms with Gasteiger partial charge in [-0.2, -0.15) is 0 Å². The molecule has 0 aromatic rings. The van der Waals surface area contributed by atoms with Crippen molar-refractivity contribution in [1.82, 2.24) is 0 Å². The van der Waals surface area contributed by atoms with E-state index >= 15 is 0 Å². The van der Waals surface area contributed by atoms with E-state index in [-0.39, 0.29) is 6.10 Å². The molecular weight excluding hydrogens is 292 g/mol. The van der Waals surface area contributed by atoms with Crippen LogP contribution >= 0.6 is 0 Å². The zero-order chi connectivity index (χ0) is 17.5. The van der Waals surface area contributed by atoms with E-state index in [9.17, 15) is 5.11 Å². The third-order valence-electron chi connectivity index (χ3n) is 7.57. The van der Waals surface area contributed by atoms with E-state index in [0.29, 0.717) is 5.92 Å². The molecule has 2 aliphatic carbocycles. The quantitative estimate of drug-likeness (QED) is 0.457. The van der Waals surface area contributed by atoms with Gasteiger partial charge >= 0.3 is 0 Å². The van der Waals surface area contributed by atoms with Crippen molar-refractivity contribution < 1.29 is 5.11 Å². The van der Waals surface area contributed by atoms with Crippen molar-refractivity contribution in [2.24, 2.45) is 35.5 Å². The first-order valence-electron chi connectivity index (χ1n) is 11.3. The molecular formula is C23H44O. The van der Waals surface area contributed by atoms with E-state index in [2.05, 4.69) is 27.7 Å². The Balaban J connectivity index is 1.96. The largest absolute Gasteiger partial charge is 0.393 e. The lowest BCUT2D eigenvalue weighted by Crippen LogP contribution is -2.41. The van der Waals surface area contributed by atoms with Crippen LogP contribution in [0.1, 0.15) is 105 Å². The molecule has 1 nitrogen and oxygen atoms in total. The van der Waals surface area contributed by atoms with Crippen LogP contribution in [0.3, 0.4) is 0 Å². The van der Waals surface area contributed by atoms with Crippen LogP contribution in [0.4, 0.5) is 0 Å². The molecule has 2 rings (SSSR count). The van der Waals surface area contributed by atoms with Gasteiger partial charge in [0.15, 0.2) is 0 Å². The van der Waals surface area contributed by atoms with E-state index < -0.39 is 0 Å². The number of aliphatic hydroxyl groups excluding tert-OH is 1. The Labute approximate surface area is 152 Å². The minimum Gasteiger partial charge on any atom is -0.393 e. The number of unbranched alkanes of at least 4 members (excludes halogenated alkanes) is 3. The molecule has 0 aromatic heterocycles. The van der Waals surface area contributed by atoms with Crippen molar-refractivity contribution in [3.8, 4) is 0 Å². The van der Waals surface area contributed by atoms with Crippen molar-refractivity contribution in [2.75, 3.05) is 0 Å². The van der Waals surface area contributed by atoms with Crippen LogP contribution in [0.2, 0.25) is 0 Å². The average Bonchev–Trinajstić information content (AvgIpc) is 3.09. The van der Waals surface area contributed by atoms with E-state index in [1.54, 1.807) is 0 Å². The van der Waals surface area contributed by atoms with Crippen molar-refractivity contribution in [2.45, 2.75) is 111 Å². The van der Waals surface area contributed by atoms with Crippen LogP contribution in [-0.4, -0.2) is 11.2 Å². The summed E-state index contributed by atoms with van der Waals surface area (Å²) in [7, 11) is 0. The van der Waals surface area contributed by atoms with Gasteiger partial charge in [0.1, 0.15) is 0 Å². The lowest BCUT2D eigenvalue weighted by atomic mass is 9.60. The molecule has 0 radical (unpaired) electrons. The number of hydrogen-bond acceptors (Lipinski definition) is 1. The van der Waals surface area contributed by atoms with Crippen LogP contribution < -0.4 is 0 Å². The zero-order valence-corrected chi connectivity index (χ0v) is 17.0. The van der Waals surface area contributed by atoms with Gasteiger partial charge in [0.05, 0.1) is 6.10 Å². The predicted molar refractivity (Wildman–Crippen MR) is 105 cm³/mol. The maximum absolute atomic E-state index is 10.9. The lowest BCUT2D eigenvalue weighted by molar-refractivity contribution is -0.0142. The summed E-state index contributed by atoms with van der Waals surface area (Å²) in [4.78, 5) is 0. The summed E-state index contributed by atoms with van der Waals surface area (Å²) in [5.41, 5.74) is 0. The molecule has 2 saturated carbocycles. The molecule has 0 bridgehead atoms. The Hall–Kier alpha value is -0.0400. The smallest absolute Gasteiger partial charge is 0.0571 e. The third-order valence-corrected chi connectivity index (χ3v) is 7.57. The first-order valence-corrected chi connectivity index (χ1v) is 11.3. The summed E-state index contributed by atoms with van der Waals surface area (Å²) >= 11 is 0. The topological polar surface area (TPSA) is 20.2 Å². The normalized spacial score (nSPS) is 34.4. The molecule has 0 amide bonds. The van der Waals surface area contributed by atoms with E-state index in [4.69, 9.17) is 0 Å². The summed E-state index contributed by atoms with van der Waals surface area (Å²) in [6.45, 7) is 9.59. The highest BCUT2D eigenvalue weighted by Crippen LogP contribution is 2.49. The maximum atomic E-state index is 10.9. The summed E-state index contributed by atoms with van der Waals surface area (Å²) in [6.07, 6.45) is 15.9. The Morgan fingerprint density at radius 1 is 0.958 bits per heavy atom. The molecule has 142 valence electrons. The fourth-order valence-corrected chi connectivity index (χ4v) is 6.20. The first kappa shape index (κ1) is 20.3. The van der Waals surface area contributed by atoms with Gasteiger partial charge in [-0.05, 0) is 54.8 Å². The fraction of sp³-hybridized carbons (Fsp3) is 1.00. The molecule has 2 fully saturated rings. The van der Waals surface area contributed by atoms with E-state index in [0.717, 1.165) is 42.4 Å². The van der Waals surface area contributed by atoms with Gasteiger partial charge in [0.25, 0.3) is 0 Å². The van der Waals surface area contributed by atoms with Crippen LogP contribution in [0.25, 0.3) is 0 Å². The first-order chi connectivity index (χ1) is 11.6. The molecule has 1 heteroatoms. The molecule has 0 heterocycles. The summed E-state index contributed by atoms with van der Waals surface area (Å²) < 4.78 is 0. The Kier molecular flexibility index (Phi) is 8.61. The second-order valence-corrected chi connectivity index (χ2v) is 9.30. The summed E-state index contributed by atoms with van der Waals surface area (Å²) in [6, 6.07) is 0. The minimum atomic E-state index is -0.0613. The van der Waals surface area contributed by atoms with Gasteiger partial charge in [-0.1, -0.05) is 85.5 Å². The molecule has 0 spiro atoms. The van der Waals surface area contributed by atoms with Crippen LogP contribution in [0, 0.1) is 35.5 Å². The van der Waals surface area contributed by atoms with Gasteiger partial charge in [-0.3, -0.25) is 0 Å². The molecule has 24 heavy (non-hydrogen) atoms. The molecule has 0 aromatic carbocycles. The van der Waals surface area contributed by atoms with Crippen LogP contribution in [0.5, 0.6) is 0 Å². The minimum absolute atomic E-state index is 0.0613. The Morgan fingerprint density at radius 3 is 2.29 bits per heavy atom. The SMILES string of the molecule is CCCCCC[C@H](O)C(CC)[C@@H]1C[C@H](C)CC(C2CCCC2)[C@@H]1C. The van der Waals surface area contributed by atoms with E-state index in [1.165, 1.54) is 64.2 Å². The summed E-state index contributed by atoms with van der Waals surface area (Å²) in [5.74, 6) is 4.89. The maximum Gasteiger partial charge on any atom is 0.0571 e. The van der Waals surface area contributed by atoms with Crippen molar-refractivity contribution in [3.63, 3.8) is 0 Å². The molecule has 1 N–H and O–H groups in total. The van der Waals surface area contributed by atoms with Gasteiger partial charge in [-0.25, -0.2) is 0 Å². The van der Waals surface area contributed by atoms with Crippen LogP contribution in [0.15, 0.2) is 0 Å². The molecule has 6 atom stereocenters. The Bertz CT molecular complexity index is 333. The monoisotopic (exact) mass is 336 g/mol. The highest BCUT2D eigenvalue weighted by molar-refractivity contribution is 4.91. The zero-order valence-electron chi connectivity index (χ0n) is 17.0. The van der Waals surface area contributed by atoms with Gasteiger partial charge in [0, 0.05) is 0 Å². The van der Waals surface area contributed by atoms with Gasteiger partial charge < -0.3 is 5.11 Å². The number of hydrogen-bond donors (Lipinski definition) is 1. The lowest BCUT2D eigenvalue weighted by Gasteiger charge is -2.46. The highest BCUT2D eigenvalue weighted by Gasteiger charge is 2.42. The second kappa shape index (κ2) is 10.2. The van der Waals surface area contributed by atoms with Gasteiger partial charge in [-0.15, -0.1) is 0 Å². The van der Waals surface area contributed by atoms with Crippen LogP contribution in [-0.2, 0) is 0 Å². The highest BCUT2D eigenvalue weighted by atomic mass is 16.3. The Morgan fingerprint density at radius 2 is 1.67 bits per heavy atom. The van der Waals surface area contributed by atoms with E-state index in [1.807, 2.05) is 0 Å². The average molecular weight is 337 g/mol.